The monoisotopic (exact) mass is 301 g/mol. The van der Waals surface area contributed by atoms with Crippen LogP contribution in [0.2, 0.25) is 0 Å². The van der Waals surface area contributed by atoms with Crippen LogP contribution in [-0.4, -0.2) is 13.6 Å². The molecule has 0 aliphatic carbocycles. The number of benzene rings is 1. The molecule has 0 radical (unpaired) electrons. The molecule has 0 unspecified atom stereocenters. The molecule has 1 aromatic rings. The van der Waals surface area contributed by atoms with Crippen LogP contribution in [-0.2, 0) is 0 Å². The predicted octanol–water partition coefficient (Wildman–Crippen LogP) is 2.78. The van der Waals surface area contributed by atoms with Crippen LogP contribution in [0.5, 0.6) is 0 Å². The van der Waals surface area contributed by atoms with Crippen molar-refractivity contribution in [1.29, 1.82) is 0 Å². The number of nitrogens with one attached hydrogen (secondary N) is 1. The zero-order valence-electron chi connectivity index (χ0n) is 7.20. The third kappa shape index (κ3) is 3.51. The zero-order valence-corrected chi connectivity index (χ0v) is 10.4. The molecule has 0 saturated heterocycles. The van der Waals surface area contributed by atoms with E-state index in [2.05, 4.69) is 49.0 Å². The molecule has 1 rings (SSSR count). The maximum atomic E-state index is 3.44. The van der Waals surface area contributed by atoms with Gasteiger partial charge in [-0.1, -0.05) is 27.8 Å². The molecule has 0 bridgehead atoms. The molecule has 0 spiro atoms. The van der Waals surface area contributed by atoms with Crippen LogP contribution in [0.3, 0.4) is 0 Å². The standard InChI is InChI=1S/C10H9Br2N/c1-13-6-2-3-8-7-9(11)4-5-10(8)12/h4-5,7,13H,6H2,1H3. The fraction of sp³-hybridized carbons (Fsp3) is 0.200. The number of halogens is 2. The van der Waals surface area contributed by atoms with Crippen molar-refractivity contribution in [3.8, 4) is 11.8 Å². The molecule has 3 heteroatoms. The van der Waals surface area contributed by atoms with Gasteiger partial charge in [0.25, 0.3) is 0 Å². The quantitative estimate of drug-likeness (QED) is 0.787. The minimum atomic E-state index is 0.707. The van der Waals surface area contributed by atoms with Gasteiger partial charge in [-0.25, -0.2) is 0 Å². The van der Waals surface area contributed by atoms with Gasteiger partial charge in [0.05, 0.1) is 6.54 Å². The van der Waals surface area contributed by atoms with Crippen LogP contribution in [0.15, 0.2) is 27.1 Å². The summed E-state index contributed by atoms with van der Waals surface area (Å²) in [6, 6.07) is 5.95. The molecule has 0 aliphatic rings. The minimum Gasteiger partial charge on any atom is -0.309 e. The normalized spacial score (nSPS) is 9.15. The Bertz CT molecular complexity index is 350. The molecule has 0 fully saturated rings. The van der Waals surface area contributed by atoms with Crippen LogP contribution in [0.25, 0.3) is 0 Å². The fourth-order valence-electron chi connectivity index (χ4n) is 0.821. The van der Waals surface area contributed by atoms with Crippen molar-refractivity contribution >= 4 is 31.9 Å². The van der Waals surface area contributed by atoms with E-state index >= 15 is 0 Å². The lowest BCUT2D eigenvalue weighted by molar-refractivity contribution is 0.938. The van der Waals surface area contributed by atoms with Crippen LogP contribution in [0, 0.1) is 11.8 Å². The lowest BCUT2D eigenvalue weighted by atomic mass is 10.2. The van der Waals surface area contributed by atoms with Gasteiger partial charge < -0.3 is 5.32 Å². The summed E-state index contributed by atoms with van der Waals surface area (Å²) in [6.07, 6.45) is 0. The molecule has 0 atom stereocenters. The van der Waals surface area contributed by atoms with E-state index in [4.69, 9.17) is 0 Å². The molecular weight excluding hydrogens is 294 g/mol. The highest BCUT2D eigenvalue weighted by atomic mass is 79.9. The smallest absolute Gasteiger partial charge is 0.0577 e. The zero-order chi connectivity index (χ0) is 9.68. The first-order valence-corrected chi connectivity index (χ1v) is 5.41. The van der Waals surface area contributed by atoms with E-state index in [1.54, 1.807) is 0 Å². The first kappa shape index (κ1) is 10.8. The second kappa shape index (κ2) is 5.43. The van der Waals surface area contributed by atoms with Crippen LogP contribution in [0.4, 0.5) is 0 Å². The molecule has 0 aromatic heterocycles. The Morgan fingerprint density at radius 2 is 2.15 bits per heavy atom. The summed E-state index contributed by atoms with van der Waals surface area (Å²) in [7, 11) is 1.88. The highest BCUT2D eigenvalue weighted by Gasteiger charge is 1.95. The van der Waals surface area contributed by atoms with E-state index in [-0.39, 0.29) is 0 Å². The second-order valence-corrected chi connectivity index (χ2v) is 4.23. The Balaban J connectivity index is 2.89. The molecule has 1 aromatic carbocycles. The van der Waals surface area contributed by atoms with Crippen molar-refractivity contribution in [2.45, 2.75) is 0 Å². The van der Waals surface area contributed by atoms with Gasteiger partial charge in [0.2, 0.25) is 0 Å². The summed E-state index contributed by atoms with van der Waals surface area (Å²) < 4.78 is 2.07. The summed E-state index contributed by atoms with van der Waals surface area (Å²) >= 11 is 6.84. The first-order valence-electron chi connectivity index (χ1n) is 3.82. The maximum Gasteiger partial charge on any atom is 0.0577 e. The van der Waals surface area contributed by atoms with Crippen molar-refractivity contribution in [2.75, 3.05) is 13.6 Å². The van der Waals surface area contributed by atoms with E-state index in [0.29, 0.717) is 6.54 Å². The third-order valence-electron chi connectivity index (χ3n) is 1.42. The van der Waals surface area contributed by atoms with Gasteiger partial charge in [-0.15, -0.1) is 0 Å². The van der Waals surface area contributed by atoms with Gasteiger partial charge in [-0.2, -0.15) is 0 Å². The van der Waals surface area contributed by atoms with Gasteiger partial charge >= 0.3 is 0 Å². The summed E-state index contributed by atoms with van der Waals surface area (Å²) in [6.45, 7) is 0.707. The summed E-state index contributed by atoms with van der Waals surface area (Å²) in [5.74, 6) is 6.07. The largest absolute Gasteiger partial charge is 0.309 e. The molecule has 1 nitrogen and oxygen atoms in total. The first-order chi connectivity index (χ1) is 6.24. The molecule has 0 heterocycles. The summed E-state index contributed by atoms with van der Waals surface area (Å²) in [4.78, 5) is 0. The van der Waals surface area contributed by atoms with Crippen LogP contribution in [0.1, 0.15) is 5.56 Å². The van der Waals surface area contributed by atoms with E-state index in [9.17, 15) is 0 Å². The third-order valence-corrected chi connectivity index (χ3v) is 2.60. The van der Waals surface area contributed by atoms with E-state index in [1.165, 1.54) is 0 Å². The van der Waals surface area contributed by atoms with E-state index in [1.807, 2.05) is 25.2 Å². The Kier molecular flexibility index (Phi) is 4.51. The van der Waals surface area contributed by atoms with Crippen molar-refractivity contribution in [2.24, 2.45) is 0 Å². The number of hydrogen-bond acceptors (Lipinski definition) is 1. The Morgan fingerprint density at radius 1 is 1.38 bits per heavy atom. The van der Waals surface area contributed by atoms with Gasteiger partial charge in [0.15, 0.2) is 0 Å². The molecule has 0 saturated carbocycles. The fourth-order valence-corrected chi connectivity index (χ4v) is 1.53. The lowest BCUT2D eigenvalue weighted by Crippen LogP contribution is -2.04. The average molecular weight is 303 g/mol. The van der Waals surface area contributed by atoms with Crippen molar-refractivity contribution in [3.63, 3.8) is 0 Å². The van der Waals surface area contributed by atoms with Gasteiger partial charge in [0.1, 0.15) is 0 Å². The molecule has 0 amide bonds. The maximum absolute atomic E-state index is 3.44. The highest BCUT2D eigenvalue weighted by molar-refractivity contribution is 9.11. The Hall–Kier alpha value is -0.300. The summed E-state index contributed by atoms with van der Waals surface area (Å²) in [5.41, 5.74) is 1.00. The van der Waals surface area contributed by atoms with Crippen molar-refractivity contribution in [3.05, 3.63) is 32.7 Å². The Morgan fingerprint density at radius 3 is 2.85 bits per heavy atom. The second-order valence-electron chi connectivity index (χ2n) is 2.46. The molecule has 0 aliphatic heterocycles. The van der Waals surface area contributed by atoms with Crippen LogP contribution >= 0.6 is 31.9 Å². The number of hydrogen-bond donors (Lipinski definition) is 1. The van der Waals surface area contributed by atoms with Crippen molar-refractivity contribution < 1.29 is 0 Å². The van der Waals surface area contributed by atoms with Gasteiger partial charge in [0, 0.05) is 14.5 Å². The topological polar surface area (TPSA) is 12.0 Å². The number of rotatable bonds is 1. The average Bonchev–Trinajstić information content (AvgIpc) is 2.11. The predicted molar refractivity (Wildman–Crippen MR) is 62.6 cm³/mol. The Labute approximate surface area is 95.2 Å². The van der Waals surface area contributed by atoms with E-state index in [0.717, 1.165) is 14.5 Å². The summed E-state index contributed by atoms with van der Waals surface area (Å²) in [5, 5.41) is 2.97. The molecule has 1 N–H and O–H groups in total. The van der Waals surface area contributed by atoms with Crippen molar-refractivity contribution in [1.82, 2.24) is 5.32 Å². The molecule has 68 valence electrons. The highest BCUT2D eigenvalue weighted by Crippen LogP contribution is 2.20. The lowest BCUT2D eigenvalue weighted by Gasteiger charge is -1.96. The van der Waals surface area contributed by atoms with E-state index < -0.39 is 0 Å². The molecule has 13 heavy (non-hydrogen) atoms. The molecular formula is C10H9Br2N. The minimum absolute atomic E-state index is 0.707. The van der Waals surface area contributed by atoms with Gasteiger partial charge in [-0.3, -0.25) is 0 Å². The SMILES string of the molecule is CNCC#Cc1cc(Br)ccc1Br. The van der Waals surface area contributed by atoms with Crippen LogP contribution < -0.4 is 5.32 Å². The van der Waals surface area contributed by atoms with Gasteiger partial charge in [-0.05, 0) is 41.2 Å².